The number of hydrogen-bond donors (Lipinski definition) is 3. The minimum absolute atomic E-state index is 0.0164. The summed E-state index contributed by atoms with van der Waals surface area (Å²) in [5, 5.41) is 9.10. The molecule has 1 aromatic carbocycles. The highest BCUT2D eigenvalue weighted by atomic mass is 16.2. The van der Waals surface area contributed by atoms with Gasteiger partial charge in [0.2, 0.25) is 5.91 Å². The third-order valence-electron chi connectivity index (χ3n) is 3.97. The Bertz CT molecular complexity index is 534. The second kappa shape index (κ2) is 6.26. The fourth-order valence-corrected chi connectivity index (χ4v) is 2.55. The Kier molecular flexibility index (Phi) is 4.20. The first-order valence-corrected chi connectivity index (χ1v) is 7.65. The quantitative estimate of drug-likeness (QED) is 0.786. The van der Waals surface area contributed by atoms with Crippen LogP contribution in [0.4, 0.5) is 5.69 Å². The summed E-state index contributed by atoms with van der Waals surface area (Å²) < 4.78 is 0. The van der Waals surface area contributed by atoms with Crippen LogP contribution in [0.2, 0.25) is 0 Å². The van der Waals surface area contributed by atoms with Crippen molar-refractivity contribution in [3.05, 3.63) is 29.8 Å². The Hall–Kier alpha value is -1.88. The number of rotatable bonds is 4. The molecule has 2 fully saturated rings. The number of benzene rings is 1. The maximum atomic E-state index is 12.2. The second-order valence-electron chi connectivity index (χ2n) is 5.86. The van der Waals surface area contributed by atoms with Gasteiger partial charge in [-0.2, -0.15) is 0 Å². The van der Waals surface area contributed by atoms with Gasteiger partial charge in [-0.05, 0) is 50.4 Å². The van der Waals surface area contributed by atoms with Gasteiger partial charge in [0.15, 0.2) is 0 Å². The summed E-state index contributed by atoms with van der Waals surface area (Å²) in [6.45, 7) is 1.72. The number of nitrogens with one attached hydrogen (secondary N) is 3. The average molecular weight is 287 g/mol. The van der Waals surface area contributed by atoms with E-state index in [1.165, 1.54) is 0 Å². The van der Waals surface area contributed by atoms with E-state index in [0.717, 1.165) is 38.8 Å². The highest BCUT2D eigenvalue weighted by Crippen LogP contribution is 2.20. The molecular formula is C16H21N3O2. The molecule has 0 radical (unpaired) electrons. The molecule has 1 unspecified atom stereocenters. The fraction of sp³-hybridized carbons (Fsp3) is 0.500. The molecular weight excluding hydrogens is 266 g/mol. The summed E-state index contributed by atoms with van der Waals surface area (Å²) in [6.07, 6.45) is 4.08. The molecule has 3 N–H and O–H groups in total. The molecule has 1 saturated carbocycles. The van der Waals surface area contributed by atoms with E-state index in [2.05, 4.69) is 16.0 Å². The van der Waals surface area contributed by atoms with E-state index >= 15 is 0 Å². The van der Waals surface area contributed by atoms with Crippen LogP contribution in [0.25, 0.3) is 0 Å². The Morgan fingerprint density at radius 1 is 1.19 bits per heavy atom. The van der Waals surface area contributed by atoms with Crippen molar-refractivity contribution < 1.29 is 9.59 Å². The van der Waals surface area contributed by atoms with Gasteiger partial charge in [-0.3, -0.25) is 9.59 Å². The summed E-state index contributed by atoms with van der Waals surface area (Å²) in [6, 6.07) is 7.48. The number of anilines is 1. The zero-order chi connectivity index (χ0) is 14.7. The first-order valence-electron chi connectivity index (χ1n) is 7.65. The van der Waals surface area contributed by atoms with Crippen molar-refractivity contribution in [2.45, 2.75) is 31.7 Å². The van der Waals surface area contributed by atoms with Crippen LogP contribution in [0.15, 0.2) is 24.3 Å². The molecule has 2 aliphatic rings. The van der Waals surface area contributed by atoms with E-state index in [-0.39, 0.29) is 17.7 Å². The number of carbonyl (C=O) groups excluding carboxylic acids is 2. The summed E-state index contributed by atoms with van der Waals surface area (Å²) in [7, 11) is 0. The summed E-state index contributed by atoms with van der Waals surface area (Å²) in [4.78, 5) is 24.2. The standard InChI is InChI=1S/C16H21N3O2/c20-15(18-13-6-7-13)11-3-1-5-14(9-11)19-16(21)12-4-2-8-17-10-12/h1,3,5,9,12-13,17H,2,4,6-8,10H2,(H,18,20)(H,19,21). The van der Waals surface area contributed by atoms with E-state index in [1.807, 2.05) is 6.07 Å². The Labute approximate surface area is 124 Å². The van der Waals surface area contributed by atoms with Crippen LogP contribution >= 0.6 is 0 Å². The van der Waals surface area contributed by atoms with Crippen molar-refractivity contribution in [3.63, 3.8) is 0 Å². The lowest BCUT2D eigenvalue weighted by Gasteiger charge is -2.22. The number of carbonyl (C=O) groups is 2. The van der Waals surface area contributed by atoms with Crippen LogP contribution in [0.1, 0.15) is 36.0 Å². The SMILES string of the molecule is O=C(NC1CC1)c1cccc(NC(=O)C2CCCNC2)c1. The topological polar surface area (TPSA) is 70.2 Å². The first kappa shape index (κ1) is 14.1. The lowest BCUT2D eigenvalue weighted by molar-refractivity contribution is -0.120. The molecule has 1 atom stereocenters. The predicted molar refractivity (Wildman–Crippen MR) is 81.2 cm³/mol. The van der Waals surface area contributed by atoms with Gasteiger partial charge in [0, 0.05) is 23.8 Å². The van der Waals surface area contributed by atoms with Crippen molar-refractivity contribution >= 4 is 17.5 Å². The number of piperidine rings is 1. The van der Waals surface area contributed by atoms with Crippen molar-refractivity contribution in [1.82, 2.24) is 10.6 Å². The minimum Gasteiger partial charge on any atom is -0.349 e. The zero-order valence-corrected chi connectivity index (χ0v) is 12.0. The molecule has 0 bridgehead atoms. The molecule has 1 aliphatic carbocycles. The van der Waals surface area contributed by atoms with Gasteiger partial charge >= 0.3 is 0 Å². The highest BCUT2D eigenvalue weighted by molar-refractivity contribution is 5.98. The van der Waals surface area contributed by atoms with Crippen LogP contribution in [0, 0.1) is 5.92 Å². The van der Waals surface area contributed by atoms with E-state index in [9.17, 15) is 9.59 Å². The van der Waals surface area contributed by atoms with Gasteiger partial charge in [0.05, 0.1) is 5.92 Å². The Morgan fingerprint density at radius 2 is 2.05 bits per heavy atom. The minimum atomic E-state index is -0.0621. The maximum Gasteiger partial charge on any atom is 0.251 e. The van der Waals surface area contributed by atoms with Crippen molar-refractivity contribution in [3.8, 4) is 0 Å². The van der Waals surface area contributed by atoms with Crippen LogP contribution in [-0.2, 0) is 4.79 Å². The molecule has 5 heteroatoms. The van der Waals surface area contributed by atoms with E-state index in [1.54, 1.807) is 18.2 Å². The largest absolute Gasteiger partial charge is 0.349 e. The van der Waals surface area contributed by atoms with Crippen LogP contribution in [-0.4, -0.2) is 30.9 Å². The second-order valence-corrected chi connectivity index (χ2v) is 5.86. The monoisotopic (exact) mass is 287 g/mol. The molecule has 1 aliphatic heterocycles. The molecule has 2 amide bonds. The molecule has 3 rings (SSSR count). The predicted octanol–water partition coefficient (Wildman–Crippen LogP) is 1.52. The zero-order valence-electron chi connectivity index (χ0n) is 12.0. The van der Waals surface area contributed by atoms with Crippen LogP contribution < -0.4 is 16.0 Å². The average Bonchev–Trinajstić information content (AvgIpc) is 3.32. The molecule has 1 saturated heterocycles. The molecule has 5 nitrogen and oxygen atoms in total. The lowest BCUT2D eigenvalue weighted by Crippen LogP contribution is -2.37. The van der Waals surface area contributed by atoms with Gasteiger partial charge in [-0.15, -0.1) is 0 Å². The highest BCUT2D eigenvalue weighted by Gasteiger charge is 2.24. The van der Waals surface area contributed by atoms with Gasteiger partial charge in [0.1, 0.15) is 0 Å². The Morgan fingerprint density at radius 3 is 2.76 bits per heavy atom. The lowest BCUT2D eigenvalue weighted by atomic mass is 9.98. The fourth-order valence-electron chi connectivity index (χ4n) is 2.55. The normalized spacial score (nSPS) is 21.6. The van der Waals surface area contributed by atoms with Crippen molar-refractivity contribution in [1.29, 1.82) is 0 Å². The molecule has 21 heavy (non-hydrogen) atoms. The number of amides is 2. The smallest absolute Gasteiger partial charge is 0.251 e. The van der Waals surface area contributed by atoms with Crippen molar-refractivity contribution in [2.24, 2.45) is 5.92 Å². The molecule has 1 heterocycles. The summed E-state index contributed by atoms with van der Waals surface area (Å²) in [5.74, 6) is -0.0161. The third kappa shape index (κ3) is 3.82. The third-order valence-corrected chi connectivity index (χ3v) is 3.97. The number of hydrogen-bond acceptors (Lipinski definition) is 3. The first-order chi connectivity index (χ1) is 10.2. The summed E-state index contributed by atoms with van der Waals surface area (Å²) >= 11 is 0. The Balaban J connectivity index is 1.61. The molecule has 1 aromatic rings. The van der Waals surface area contributed by atoms with Gasteiger partial charge < -0.3 is 16.0 Å². The van der Waals surface area contributed by atoms with E-state index < -0.39 is 0 Å². The summed E-state index contributed by atoms with van der Waals surface area (Å²) in [5.41, 5.74) is 1.29. The van der Waals surface area contributed by atoms with E-state index in [0.29, 0.717) is 17.3 Å². The molecule has 0 aromatic heterocycles. The van der Waals surface area contributed by atoms with Gasteiger partial charge in [0.25, 0.3) is 5.91 Å². The molecule has 0 spiro atoms. The van der Waals surface area contributed by atoms with Crippen LogP contribution in [0.3, 0.4) is 0 Å². The van der Waals surface area contributed by atoms with Crippen molar-refractivity contribution in [2.75, 3.05) is 18.4 Å². The molecule has 112 valence electrons. The van der Waals surface area contributed by atoms with Gasteiger partial charge in [-0.1, -0.05) is 6.07 Å². The van der Waals surface area contributed by atoms with E-state index in [4.69, 9.17) is 0 Å². The maximum absolute atomic E-state index is 12.2. The van der Waals surface area contributed by atoms with Gasteiger partial charge in [-0.25, -0.2) is 0 Å². The van der Waals surface area contributed by atoms with Crippen LogP contribution in [0.5, 0.6) is 0 Å².